The van der Waals surface area contributed by atoms with Gasteiger partial charge in [0.1, 0.15) is 11.6 Å². The van der Waals surface area contributed by atoms with Crippen LogP contribution in [0.2, 0.25) is 5.28 Å². The zero-order valence-corrected chi connectivity index (χ0v) is 10.6. The number of phenols is 1. The topological polar surface area (TPSA) is 95.3 Å². The zero-order valence-electron chi connectivity index (χ0n) is 9.88. The minimum absolute atomic E-state index is 0.0000458. The second kappa shape index (κ2) is 5.11. The Morgan fingerprint density at radius 3 is 2.63 bits per heavy atom. The molecule has 1 aromatic carbocycles. The summed E-state index contributed by atoms with van der Waals surface area (Å²) in [6.45, 7) is 1.76. The van der Waals surface area contributed by atoms with E-state index >= 15 is 0 Å². The number of hydrogen-bond donors (Lipinski definition) is 3. The van der Waals surface area contributed by atoms with Crippen LogP contribution in [0.15, 0.2) is 24.3 Å². The molecular weight excluding hydrogens is 270 g/mol. The molecule has 1 aromatic heterocycles. The van der Waals surface area contributed by atoms with E-state index in [1.807, 2.05) is 0 Å². The molecule has 2 rings (SSSR count). The molecule has 0 unspecified atom stereocenters. The predicted octanol–water partition coefficient (Wildman–Crippen LogP) is 2.59. The molecule has 0 radical (unpaired) electrons. The number of carboxylic acids is 1. The van der Waals surface area contributed by atoms with Gasteiger partial charge in [0, 0.05) is 11.8 Å². The lowest BCUT2D eigenvalue weighted by Gasteiger charge is -2.09. The first-order chi connectivity index (χ1) is 8.95. The molecule has 0 amide bonds. The summed E-state index contributed by atoms with van der Waals surface area (Å²) in [5.41, 5.74) is 1.00. The van der Waals surface area contributed by atoms with Crippen LogP contribution in [0, 0.1) is 6.92 Å². The van der Waals surface area contributed by atoms with Gasteiger partial charge in [0.15, 0.2) is 0 Å². The number of benzene rings is 1. The molecule has 0 aliphatic rings. The molecule has 2 aromatic rings. The van der Waals surface area contributed by atoms with Crippen LogP contribution >= 0.6 is 11.6 Å². The number of halogens is 1. The Morgan fingerprint density at radius 2 is 2.05 bits per heavy atom. The second-order valence-corrected chi connectivity index (χ2v) is 4.16. The highest BCUT2D eigenvalue weighted by molar-refractivity contribution is 6.28. The van der Waals surface area contributed by atoms with Crippen LogP contribution in [0.25, 0.3) is 0 Å². The van der Waals surface area contributed by atoms with E-state index in [2.05, 4.69) is 15.3 Å². The van der Waals surface area contributed by atoms with Crippen LogP contribution in [-0.2, 0) is 0 Å². The minimum Gasteiger partial charge on any atom is -0.506 e. The van der Waals surface area contributed by atoms with Crippen molar-refractivity contribution in [3.05, 3.63) is 40.8 Å². The summed E-state index contributed by atoms with van der Waals surface area (Å²) in [7, 11) is 0. The van der Waals surface area contributed by atoms with Gasteiger partial charge in [0.05, 0.1) is 11.3 Å². The number of aryl methyl sites for hydroxylation is 1. The summed E-state index contributed by atoms with van der Waals surface area (Å²) in [5.74, 6) is -0.883. The van der Waals surface area contributed by atoms with Gasteiger partial charge in [-0.05, 0) is 36.7 Å². The molecule has 0 saturated carbocycles. The molecule has 3 N–H and O–H groups in total. The number of hydrogen-bond acceptors (Lipinski definition) is 5. The molecule has 1 heterocycles. The van der Waals surface area contributed by atoms with Crippen LogP contribution in [0.1, 0.15) is 16.1 Å². The summed E-state index contributed by atoms with van der Waals surface area (Å²) in [5, 5.41) is 21.5. The van der Waals surface area contributed by atoms with Gasteiger partial charge in [-0.25, -0.2) is 14.8 Å². The minimum atomic E-state index is -1.11. The molecule has 0 aliphatic carbocycles. The lowest BCUT2D eigenvalue weighted by Crippen LogP contribution is -1.99. The van der Waals surface area contributed by atoms with Crippen molar-refractivity contribution in [2.45, 2.75) is 6.92 Å². The molecule has 0 atom stereocenters. The van der Waals surface area contributed by atoms with Crippen molar-refractivity contribution in [1.82, 2.24) is 9.97 Å². The first-order valence-corrected chi connectivity index (χ1v) is 5.68. The van der Waals surface area contributed by atoms with E-state index in [0.717, 1.165) is 6.07 Å². The van der Waals surface area contributed by atoms with Gasteiger partial charge in [0.25, 0.3) is 0 Å². The first kappa shape index (κ1) is 13.1. The van der Waals surface area contributed by atoms with Crippen molar-refractivity contribution in [1.29, 1.82) is 0 Å². The van der Waals surface area contributed by atoms with Gasteiger partial charge in [-0.2, -0.15) is 0 Å². The number of carbonyl (C=O) groups is 1. The summed E-state index contributed by atoms with van der Waals surface area (Å²) in [6.07, 6.45) is 0. The van der Waals surface area contributed by atoms with Gasteiger partial charge >= 0.3 is 5.97 Å². The highest BCUT2D eigenvalue weighted by atomic mass is 35.5. The van der Waals surface area contributed by atoms with E-state index in [0.29, 0.717) is 17.2 Å². The Morgan fingerprint density at radius 1 is 1.32 bits per heavy atom. The van der Waals surface area contributed by atoms with Crippen molar-refractivity contribution < 1.29 is 15.0 Å². The van der Waals surface area contributed by atoms with Crippen molar-refractivity contribution >= 4 is 29.1 Å². The Bertz CT molecular complexity index is 626. The number of aromatic nitrogens is 2. The molecule has 0 saturated heterocycles. The molecule has 0 aliphatic heterocycles. The molecule has 19 heavy (non-hydrogen) atoms. The Kier molecular flexibility index (Phi) is 3.52. The number of nitrogens with one attached hydrogen (secondary N) is 1. The standard InChI is InChI=1S/C12H10ClN3O3/c1-6-4-10(16-12(13)14-6)15-8-3-2-7(11(18)19)5-9(8)17/h2-5,17H,1H3,(H,18,19)(H,14,15,16). The lowest BCUT2D eigenvalue weighted by molar-refractivity contribution is 0.0696. The molecule has 0 fully saturated rings. The number of aromatic hydroxyl groups is 1. The smallest absolute Gasteiger partial charge is 0.335 e. The quantitative estimate of drug-likeness (QED) is 0.590. The number of anilines is 2. The third-order valence-corrected chi connectivity index (χ3v) is 2.50. The number of nitrogens with zero attached hydrogens (tertiary/aromatic N) is 2. The first-order valence-electron chi connectivity index (χ1n) is 5.30. The van der Waals surface area contributed by atoms with Crippen LogP contribution in [0.3, 0.4) is 0 Å². The van der Waals surface area contributed by atoms with Gasteiger partial charge in [0.2, 0.25) is 5.28 Å². The van der Waals surface area contributed by atoms with Crippen molar-refractivity contribution in [2.75, 3.05) is 5.32 Å². The second-order valence-electron chi connectivity index (χ2n) is 3.83. The summed E-state index contributed by atoms with van der Waals surface area (Å²) < 4.78 is 0. The van der Waals surface area contributed by atoms with Crippen LogP contribution in [-0.4, -0.2) is 26.2 Å². The summed E-state index contributed by atoms with van der Waals surface area (Å²) in [6, 6.07) is 5.63. The zero-order chi connectivity index (χ0) is 14.0. The number of phenolic OH excluding ortho intramolecular Hbond substituents is 1. The van der Waals surface area contributed by atoms with Crippen molar-refractivity contribution in [2.24, 2.45) is 0 Å². The number of carboxylic acid groups (broad SMARTS) is 1. The van der Waals surface area contributed by atoms with Crippen molar-refractivity contribution in [3.8, 4) is 5.75 Å². The highest BCUT2D eigenvalue weighted by Gasteiger charge is 2.09. The maximum absolute atomic E-state index is 10.7. The van der Waals surface area contributed by atoms with Gasteiger partial charge in [-0.3, -0.25) is 0 Å². The fourth-order valence-corrected chi connectivity index (χ4v) is 1.73. The maximum Gasteiger partial charge on any atom is 0.335 e. The van der Waals surface area contributed by atoms with Crippen LogP contribution in [0.5, 0.6) is 5.75 Å². The monoisotopic (exact) mass is 279 g/mol. The summed E-state index contributed by atoms with van der Waals surface area (Å²) in [4.78, 5) is 18.6. The Balaban J connectivity index is 2.30. The van der Waals surface area contributed by atoms with E-state index in [9.17, 15) is 9.90 Å². The van der Waals surface area contributed by atoms with E-state index in [-0.39, 0.29) is 16.6 Å². The fraction of sp³-hybridized carbons (Fsp3) is 0.0833. The third kappa shape index (κ3) is 3.11. The number of aromatic carboxylic acids is 1. The van der Waals surface area contributed by atoms with Crippen LogP contribution in [0.4, 0.5) is 11.5 Å². The van der Waals surface area contributed by atoms with E-state index in [1.54, 1.807) is 13.0 Å². The van der Waals surface area contributed by atoms with Crippen LogP contribution < -0.4 is 5.32 Å². The highest BCUT2D eigenvalue weighted by Crippen LogP contribution is 2.27. The van der Waals surface area contributed by atoms with E-state index in [1.165, 1.54) is 12.1 Å². The normalized spacial score (nSPS) is 10.2. The Hall–Kier alpha value is -2.34. The molecule has 0 bridgehead atoms. The average molecular weight is 280 g/mol. The molecule has 0 spiro atoms. The van der Waals surface area contributed by atoms with Gasteiger partial charge in [-0.15, -0.1) is 0 Å². The van der Waals surface area contributed by atoms with Gasteiger partial charge in [-0.1, -0.05) is 0 Å². The predicted molar refractivity (Wildman–Crippen MR) is 70.1 cm³/mol. The molecule has 6 nitrogen and oxygen atoms in total. The van der Waals surface area contributed by atoms with E-state index < -0.39 is 5.97 Å². The van der Waals surface area contributed by atoms with E-state index in [4.69, 9.17) is 16.7 Å². The SMILES string of the molecule is Cc1cc(Nc2ccc(C(=O)O)cc2O)nc(Cl)n1. The average Bonchev–Trinajstić information content (AvgIpc) is 2.30. The molecular formula is C12H10ClN3O3. The maximum atomic E-state index is 10.7. The van der Waals surface area contributed by atoms with Gasteiger partial charge < -0.3 is 15.5 Å². The summed E-state index contributed by atoms with van der Waals surface area (Å²) >= 11 is 5.72. The molecule has 7 heteroatoms. The Labute approximate surface area is 113 Å². The molecule has 98 valence electrons. The van der Waals surface area contributed by atoms with Crippen molar-refractivity contribution in [3.63, 3.8) is 0 Å². The fourth-order valence-electron chi connectivity index (χ4n) is 1.50. The lowest BCUT2D eigenvalue weighted by atomic mass is 10.2. The largest absolute Gasteiger partial charge is 0.506 e. The number of rotatable bonds is 3. The third-order valence-electron chi connectivity index (χ3n) is 2.33.